The molecule has 1 aromatic carbocycles. The number of carboxylic acid groups (broad SMARTS) is 1. The molecule has 2 amide bonds. The van der Waals surface area contributed by atoms with Crippen LogP contribution in [0.2, 0.25) is 0 Å². The number of non-ortho nitro benzene ring substituents is 1. The van der Waals surface area contributed by atoms with E-state index in [0.29, 0.717) is 6.61 Å². The van der Waals surface area contributed by atoms with Gasteiger partial charge in [-0.1, -0.05) is 0 Å². The lowest BCUT2D eigenvalue weighted by molar-refractivity contribution is -0.384. The number of carboxylic acids is 1. The number of carbonyl (C=O) groups is 2. The van der Waals surface area contributed by atoms with Gasteiger partial charge < -0.3 is 20.5 Å². The summed E-state index contributed by atoms with van der Waals surface area (Å²) in [5, 5.41) is 23.9. The van der Waals surface area contributed by atoms with Crippen molar-refractivity contribution < 1.29 is 24.4 Å². The molecule has 0 aliphatic heterocycles. The van der Waals surface area contributed by atoms with Gasteiger partial charge in [0.05, 0.1) is 23.6 Å². The van der Waals surface area contributed by atoms with Gasteiger partial charge in [0.2, 0.25) is 0 Å². The van der Waals surface area contributed by atoms with Crippen LogP contribution in [-0.4, -0.2) is 35.2 Å². The normalized spacial score (nSPS) is 9.76. The number of aliphatic carboxylic acids is 1. The minimum atomic E-state index is -1.04. The predicted molar refractivity (Wildman–Crippen MR) is 73.5 cm³/mol. The lowest BCUT2D eigenvalue weighted by atomic mass is 10.2. The molecule has 114 valence electrons. The zero-order valence-electron chi connectivity index (χ0n) is 11.3. The van der Waals surface area contributed by atoms with E-state index < -0.39 is 16.9 Å². The average molecular weight is 297 g/mol. The fraction of sp³-hybridized carbons (Fsp3) is 0.333. The molecule has 0 fully saturated rings. The Balaban J connectivity index is 2.78. The Labute approximate surface area is 120 Å². The van der Waals surface area contributed by atoms with Gasteiger partial charge >= 0.3 is 12.0 Å². The Kier molecular flexibility index (Phi) is 5.93. The van der Waals surface area contributed by atoms with Crippen molar-refractivity contribution in [2.45, 2.75) is 13.3 Å². The molecule has 0 heterocycles. The van der Waals surface area contributed by atoms with E-state index in [1.165, 1.54) is 18.2 Å². The van der Waals surface area contributed by atoms with Gasteiger partial charge in [-0.15, -0.1) is 0 Å². The molecule has 0 atom stereocenters. The van der Waals surface area contributed by atoms with Crippen LogP contribution in [0.15, 0.2) is 18.2 Å². The van der Waals surface area contributed by atoms with Crippen LogP contribution in [0.1, 0.15) is 13.3 Å². The number of benzene rings is 1. The third kappa shape index (κ3) is 5.35. The molecule has 0 saturated heterocycles. The first kappa shape index (κ1) is 16.2. The summed E-state index contributed by atoms with van der Waals surface area (Å²) in [4.78, 5) is 32.1. The zero-order chi connectivity index (χ0) is 15.8. The van der Waals surface area contributed by atoms with Gasteiger partial charge in [0.25, 0.3) is 5.69 Å². The maximum atomic E-state index is 11.6. The molecule has 21 heavy (non-hydrogen) atoms. The van der Waals surface area contributed by atoms with Crippen LogP contribution in [0.4, 0.5) is 16.2 Å². The van der Waals surface area contributed by atoms with Crippen molar-refractivity contribution in [1.82, 2.24) is 5.32 Å². The van der Waals surface area contributed by atoms with Crippen LogP contribution >= 0.6 is 0 Å². The van der Waals surface area contributed by atoms with Gasteiger partial charge in [0, 0.05) is 18.7 Å². The molecule has 3 N–H and O–H groups in total. The molecule has 0 unspecified atom stereocenters. The van der Waals surface area contributed by atoms with E-state index in [2.05, 4.69) is 10.6 Å². The molecule has 0 radical (unpaired) electrons. The first-order valence-electron chi connectivity index (χ1n) is 6.12. The van der Waals surface area contributed by atoms with Crippen LogP contribution in [0.5, 0.6) is 5.75 Å². The van der Waals surface area contributed by atoms with Crippen LogP contribution < -0.4 is 15.4 Å². The van der Waals surface area contributed by atoms with Crippen molar-refractivity contribution >= 4 is 23.4 Å². The Hall–Kier alpha value is -2.84. The number of urea groups is 1. The molecule has 9 nitrogen and oxygen atoms in total. The van der Waals surface area contributed by atoms with Gasteiger partial charge in [-0.2, -0.15) is 0 Å². The fourth-order valence-corrected chi connectivity index (χ4v) is 1.46. The number of nitro groups is 1. The summed E-state index contributed by atoms with van der Waals surface area (Å²) in [7, 11) is 0. The number of hydrogen-bond acceptors (Lipinski definition) is 5. The zero-order valence-corrected chi connectivity index (χ0v) is 11.3. The van der Waals surface area contributed by atoms with Crippen LogP contribution in [0.25, 0.3) is 0 Å². The first-order valence-corrected chi connectivity index (χ1v) is 6.12. The molecule has 0 saturated carbocycles. The quantitative estimate of drug-likeness (QED) is 0.517. The molecule has 0 aliphatic rings. The van der Waals surface area contributed by atoms with E-state index in [-0.39, 0.29) is 30.1 Å². The standard InChI is InChI=1S/C12H15N3O6/c1-2-21-10-4-3-8(15(19)20)7-9(10)14-12(18)13-6-5-11(16)17/h3-4,7H,2,5-6H2,1H3,(H,16,17)(H2,13,14,18). The second-order valence-electron chi connectivity index (χ2n) is 3.90. The van der Waals surface area contributed by atoms with Gasteiger partial charge in [-0.3, -0.25) is 14.9 Å². The summed E-state index contributed by atoms with van der Waals surface area (Å²) in [6.07, 6.45) is -0.222. The number of anilines is 1. The summed E-state index contributed by atoms with van der Waals surface area (Å²) in [5.41, 5.74) is -0.0573. The molecular formula is C12H15N3O6. The Morgan fingerprint density at radius 2 is 2.14 bits per heavy atom. The van der Waals surface area contributed by atoms with E-state index in [4.69, 9.17) is 9.84 Å². The molecule has 9 heteroatoms. The Morgan fingerprint density at radius 1 is 1.43 bits per heavy atom. The largest absolute Gasteiger partial charge is 0.492 e. The van der Waals surface area contributed by atoms with E-state index in [9.17, 15) is 19.7 Å². The minimum Gasteiger partial charge on any atom is -0.492 e. The number of nitro benzene ring substituents is 1. The number of nitrogens with one attached hydrogen (secondary N) is 2. The van der Waals surface area contributed by atoms with Crippen LogP contribution in [0.3, 0.4) is 0 Å². The second-order valence-corrected chi connectivity index (χ2v) is 3.90. The van der Waals surface area contributed by atoms with Gasteiger partial charge in [-0.25, -0.2) is 4.79 Å². The number of nitrogens with zero attached hydrogens (tertiary/aromatic N) is 1. The molecular weight excluding hydrogens is 282 g/mol. The van der Waals surface area contributed by atoms with Gasteiger partial charge in [0.1, 0.15) is 5.75 Å². The van der Waals surface area contributed by atoms with Gasteiger partial charge in [0.15, 0.2) is 0 Å². The number of amides is 2. The highest BCUT2D eigenvalue weighted by Crippen LogP contribution is 2.29. The Bertz CT molecular complexity index is 546. The van der Waals surface area contributed by atoms with Crippen molar-refractivity contribution in [3.8, 4) is 5.75 Å². The maximum absolute atomic E-state index is 11.6. The molecule has 1 rings (SSSR count). The van der Waals surface area contributed by atoms with Crippen molar-refractivity contribution in [3.63, 3.8) is 0 Å². The highest BCUT2D eigenvalue weighted by molar-refractivity contribution is 5.91. The topological polar surface area (TPSA) is 131 Å². The fourth-order valence-electron chi connectivity index (χ4n) is 1.46. The summed E-state index contributed by atoms with van der Waals surface area (Å²) in [6, 6.07) is 3.15. The third-order valence-electron chi connectivity index (χ3n) is 2.35. The van der Waals surface area contributed by atoms with E-state index in [1.807, 2.05) is 0 Å². The van der Waals surface area contributed by atoms with Crippen molar-refractivity contribution in [2.24, 2.45) is 0 Å². The van der Waals surface area contributed by atoms with Crippen LogP contribution in [0, 0.1) is 10.1 Å². The average Bonchev–Trinajstić information content (AvgIpc) is 2.40. The predicted octanol–water partition coefficient (Wildman–Crippen LogP) is 1.59. The molecule has 0 spiro atoms. The van der Waals surface area contributed by atoms with E-state index >= 15 is 0 Å². The first-order chi connectivity index (χ1) is 9.93. The third-order valence-corrected chi connectivity index (χ3v) is 2.35. The van der Waals surface area contributed by atoms with Crippen molar-refractivity contribution in [2.75, 3.05) is 18.5 Å². The minimum absolute atomic E-state index is 0.0555. The monoisotopic (exact) mass is 297 g/mol. The van der Waals surface area contributed by atoms with E-state index in [1.54, 1.807) is 6.92 Å². The van der Waals surface area contributed by atoms with Crippen molar-refractivity contribution in [3.05, 3.63) is 28.3 Å². The summed E-state index contributed by atoms with van der Waals surface area (Å²) in [6.45, 7) is 2.01. The van der Waals surface area contributed by atoms with E-state index in [0.717, 1.165) is 0 Å². The summed E-state index contributed by atoms with van der Waals surface area (Å²) >= 11 is 0. The van der Waals surface area contributed by atoms with Crippen LogP contribution in [-0.2, 0) is 4.79 Å². The summed E-state index contributed by atoms with van der Waals surface area (Å²) < 4.78 is 5.26. The van der Waals surface area contributed by atoms with Gasteiger partial charge in [-0.05, 0) is 13.0 Å². The lowest BCUT2D eigenvalue weighted by Gasteiger charge is -2.11. The Morgan fingerprint density at radius 3 is 2.71 bits per heavy atom. The number of hydrogen-bond donors (Lipinski definition) is 3. The lowest BCUT2D eigenvalue weighted by Crippen LogP contribution is -2.30. The maximum Gasteiger partial charge on any atom is 0.319 e. The highest BCUT2D eigenvalue weighted by Gasteiger charge is 2.14. The number of carbonyl (C=O) groups excluding carboxylic acids is 1. The molecule has 0 aromatic heterocycles. The highest BCUT2D eigenvalue weighted by atomic mass is 16.6. The van der Waals surface area contributed by atoms with Crippen molar-refractivity contribution in [1.29, 1.82) is 0 Å². The second kappa shape index (κ2) is 7.68. The summed E-state index contributed by atoms with van der Waals surface area (Å²) in [5.74, 6) is -0.753. The SMILES string of the molecule is CCOc1ccc([N+](=O)[O-])cc1NC(=O)NCCC(=O)O. The molecule has 1 aromatic rings. The number of ether oxygens (including phenoxy) is 1. The number of rotatable bonds is 7. The smallest absolute Gasteiger partial charge is 0.319 e. The molecule has 0 bridgehead atoms. The molecule has 0 aliphatic carbocycles.